The Labute approximate surface area is 149 Å². The van der Waals surface area contributed by atoms with E-state index >= 15 is 0 Å². The molecule has 1 heterocycles. The summed E-state index contributed by atoms with van der Waals surface area (Å²) in [5.41, 5.74) is 2.44. The van der Waals surface area contributed by atoms with Crippen molar-refractivity contribution >= 4 is 22.8 Å². The number of fused-ring (bicyclic) bond motifs is 1. The van der Waals surface area contributed by atoms with Gasteiger partial charge in [0.2, 0.25) is 0 Å². The highest BCUT2D eigenvalue weighted by molar-refractivity contribution is 5.94. The Morgan fingerprint density at radius 1 is 1.08 bits per heavy atom. The van der Waals surface area contributed by atoms with Crippen molar-refractivity contribution in [3.05, 3.63) is 69.9 Å². The first-order valence-electron chi connectivity index (χ1n) is 8.09. The quantitative estimate of drug-likeness (QED) is 0.737. The molecule has 0 aliphatic heterocycles. The number of carboxylic acids is 1. The molecule has 1 aromatic heterocycles. The van der Waals surface area contributed by atoms with E-state index in [9.17, 15) is 14.4 Å². The standard InChI is InChI=1S/C20H17NO5/c1-12-2-7-17-15(10-12)16(22)11-18(26-17)13-3-5-14(6-4-13)20(25)21-9-8-19(23)24/h2-7,10-11H,8-9H2,1H3,(H,21,25)(H,23,24). The van der Waals surface area contributed by atoms with E-state index in [1.54, 1.807) is 36.4 Å². The number of carbonyl (C=O) groups excluding carboxylic acids is 1. The van der Waals surface area contributed by atoms with Crippen LogP contribution in [-0.4, -0.2) is 23.5 Å². The fraction of sp³-hybridized carbons (Fsp3) is 0.150. The number of rotatable bonds is 5. The molecule has 3 rings (SSSR count). The lowest BCUT2D eigenvalue weighted by Crippen LogP contribution is -2.25. The Hall–Kier alpha value is -3.41. The van der Waals surface area contributed by atoms with Crippen molar-refractivity contribution in [2.45, 2.75) is 13.3 Å². The molecule has 26 heavy (non-hydrogen) atoms. The van der Waals surface area contributed by atoms with E-state index in [1.807, 2.05) is 13.0 Å². The third-order valence-electron chi connectivity index (χ3n) is 3.94. The molecule has 2 aromatic carbocycles. The van der Waals surface area contributed by atoms with Crippen molar-refractivity contribution in [1.82, 2.24) is 5.32 Å². The molecule has 0 atom stereocenters. The minimum Gasteiger partial charge on any atom is -0.481 e. The maximum atomic E-state index is 12.3. The molecular formula is C20H17NO5. The highest BCUT2D eigenvalue weighted by Crippen LogP contribution is 2.23. The molecule has 132 valence electrons. The molecule has 2 N–H and O–H groups in total. The summed E-state index contributed by atoms with van der Waals surface area (Å²) < 4.78 is 5.81. The predicted molar refractivity (Wildman–Crippen MR) is 97.2 cm³/mol. The van der Waals surface area contributed by atoms with Crippen LogP contribution in [0.5, 0.6) is 0 Å². The minimum absolute atomic E-state index is 0.0644. The second kappa shape index (κ2) is 7.23. The second-order valence-electron chi connectivity index (χ2n) is 5.95. The number of carboxylic acid groups (broad SMARTS) is 1. The zero-order chi connectivity index (χ0) is 18.7. The molecule has 6 heteroatoms. The van der Waals surface area contributed by atoms with Gasteiger partial charge in [0.25, 0.3) is 5.91 Å². The first kappa shape index (κ1) is 17.4. The number of nitrogens with one attached hydrogen (secondary N) is 1. The van der Waals surface area contributed by atoms with Crippen LogP contribution in [0.1, 0.15) is 22.3 Å². The highest BCUT2D eigenvalue weighted by atomic mass is 16.4. The zero-order valence-corrected chi connectivity index (χ0v) is 14.1. The van der Waals surface area contributed by atoms with Crippen LogP contribution in [0.3, 0.4) is 0 Å². The van der Waals surface area contributed by atoms with E-state index in [0.717, 1.165) is 5.56 Å². The second-order valence-corrected chi connectivity index (χ2v) is 5.95. The van der Waals surface area contributed by atoms with Gasteiger partial charge in [-0.3, -0.25) is 14.4 Å². The summed E-state index contributed by atoms with van der Waals surface area (Å²) >= 11 is 0. The Balaban J connectivity index is 1.83. The van der Waals surface area contributed by atoms with E-state index in [1.165, 1.54) is 6.07 Å². The van der Waals surface area contributed by atoms with Crippen molar-refractivity contribution in [1.29, 1.82) is 0 Å². The molecule has 0 saturated carbocycles. The smallest absolute Gasteiger partial charge is 0.305 e. The van der Waals surface area contributed by atoms with Crippen molar-refractivity contribution in [3.63, 3.8) is 0 Å². The van der Waals surface area contributed by atoms with Gasteiger partial charge in [-0.15, -0.1) is 0 Å². The van der Waals surface area contributed by atoms with Gasteiger partial charge in [0.05, 0.1) is 11.8 Å². The van der Waals surface area contributed by atoms with Gasteiger partial charge in [0, 0.05) is 23.7 Å². The van der Waals surface area contributed by atoms with Crippen LogP contribution < -0.4 is 10.7 Å². The van der Waals surface area contributed by atoms with Gasteiger partial charge in [-0.1, -0.05) is 23.8 Å². The molecule has 0 aliphatic rings. The molecule has 0 fully saturated rings. The molecule has 0 unspecified atom stereocenters. The topological polar surface area (TPSA) is 96.6 Å². The highest BCUT2D eigenvalue weighted by Gasteiger charge is 2.10. The van der Waals surface area contributed by atoms with E-state index < -0.39 is 5.97 Å². The van der Waals surface area contributed by atoms with Crippen LogP contribution in [0.25, 0.3) is 22.3 Å². The normalized spacial score (nSPS) is 10.7. The van der Waals surface area contributed by atoms with Gasteiger partial charge in [-0.2, -0.15) is 0 Å². The molecule has 6 nitrogen and oxygen atoms in total. The maximum Gasteiger partial charge on any atom is 0.305 e. The molecule has 0 spiro atoms. The van der Waals surface area contributed by atoms with E-state index in [4.69, 9.17) is 9.52 Å². The van der Waals surface area contributed by atoms with Gasteiger partial charge in [0.15, 0.2) is 5.43 Å². The molecule has 0 bridgehead atoms. The minimum atomic E-state index is -0.970. The fourth-order valence-electron chi connectivity index (χ4n) is 2.58. The van der Waals surface area contributed by atoms with Crippen LogP contribution in [0.15, 0.2) is 57.7 Å². The lowest BCUT2D eigenvalue weighted by atomic mass is 10.1. The first-order chi connectivity index (χ1) is 12.4. The summed E-state index contributed by atoms with van der Waals surface area (Å²) in [6.07, 6.45) is -0.133. The number of carbonyl (C=O) groups is 2. The third-order valence-corrected chi connectivity index (χ3v) is 3.94. The van der Waals surface area contributed by atoms with Crippen molar-refractivity contribution < 1.29 is 19.1 Å². The van der Waals surface area contributed by atoms with Gasteiger partial charge < -0.3 is 14.8 Å². The van der Waals surface area contributed by atoms with Gasteiger partial charge in [0.1, 0.15) is 11.3 Å². The number of amides is 1. The molecular weight excluding hydrogens is 334 g/mol. The Morgan fingerprint density at radius 3 is 2.50 bits per heavy atom. The Kier molecular flexibility index (Phi) is 4.84. The number of hydrogen-bond donors (Lipinski definition) is 2. The van der Waals surface area contributed by atoms with Crippen LogP contribution in [0, 0.1) is 6.92 Å². The third kappa shape index (κ3) is 3.80. The van der Waals surface area contributed by atoms with E-state index in [0.29, 0.717) is 27.9 Å². The number of hydrogen-bond acceptors (Lipinski definition) is 4. The summed E-state index contributed by atoms with van der Waals surface area (Å²) in [5, 5.41) is 11.7. The Bertz CT molecular complexity index is 1030. The van der Waals surface area contributed by atoms with Crippen LogP contribution in [0.2, 0.25) is 0 Å². The lowest BCUT2D eigenvalue weighted by molar-refractivity contribution is -0.136. The fourth-order valence-corrected chi connectivity index (χ4v) is 2.58. The zero-order valence-electron chi connectivity index (χ0n) is 14.1. The largest absolute Gasteiger partial charge is 0.481 e. The summed E-state index contributed by atoms with van der Waals surface area (Å²) in [6.45, 7) is 1.97. The average molecular weight is 351 g/mol. The molecule has 0 radical (unpaired) electrons. The van der Waals surface area contributed by atoms with Gasteiger partial charge in [-0.05, 0) is 31.2 Å². The summed E-state index contributed by atoms with van der Waals surface area (Å²) in [6, 6.07) is 13.4. The van der Waals surface area contributed by atoms with E-state index in [-0.39, 0.29) is 24.3 Å². The van der Waals surface area contributed by atoms with Crippen molar-refractivity contribution in [3.8, 4) is 11.3 Å². The molecule has 3 aromatic rings. The van der Waals surface area contributed by atoms with Gasteiger partial charge >= 0.3 is 5.97 Å². The van der Waals surface area contributed by atoms with Crippen molar-refractivity contribution in [2.24, 2.45) is 0 Å². The molecule has 0 saturated heterocycles. The first-order valence-corrected chi connectivity index (χ1v) is 8.09. The lowest BCUT2D eigenvalue weighted by Gasteiger charge is -2.06. The van der Waals surface area contributed by atoms with Crippen molar-refractivity contribution in [2.75, 3.05) is 6.54 Å². The number of aryl methyl sites for hydroxylation is 1. The van der Waals surface area contributed by atoms with Crippen LogP contribution >= 0.6 is 0 Å². The summed E-state index contributed by atoms with van der Waals surface area (Å²) in [7, 11) is 0. The van der Waals surface area contributed by atoms with Gasteiger partial charge in [-0.25, -0.2) is 0 Å². The predicted octanol–water partition coefficient (Wildman–Crippen LogP) is 2.97. The van der Waals surface area contributed by atoms with Crippen LogP contribution in [0.4, 0.5) is 0 Å². The molecule has 0 aliphatic carbocycles. The summed E-state index contributed by atoms with van der Waals surface area (Å²) in [5.74, 6) is -0.903. The average Bonchev–Trinajstić information content (AvgIpc) is 2.62. The Morgan fingerprint density at radius 2 is 1.81 bits per heavy atom. The molecule has 1 amide bonds. The summed E-state index contributed by atoms with van der Waals surface area (Å²) in [4.78, 5) is 34.7. The number of aliphatic carboxylic acids is 1. The monoisotopic (exact) mass is 351 g/mol. The van der Waals surface area contributed by atoms with E-state index in [2.05, 4.69) is 5.32 Å². The SMILES string of the molecule is Cc1ccc2oc(-c3ccc(C(=O)NCCC(=O)O)cc3)cc(=O)c2c1. The maximum absolute atomic E-state index is 12.3. The number of benzene rings is 2. The van der Waals surface area contributed by atoms with Crippen LogP contribution in [-0.2, 0) is 4.79 Å².